The van der Waals surface area contributed by atoms with Crippen LogP contribution in [0.5, 0.6) is 5.75 Å². The summed E-state index contributed by atoms with van der Waals surface area (Å²) >= 11 is 1.81. The fourth-order valence-electron chi connectivity index (χ4n) is 3.81. The van der Waals surface area contributed by atoms with Gasteiger partial charge in [0.15, 0.2) is 0 Å². The van der Waals surface area contributed by atoms with Gasteiger partial charge in [-0.3, -0.25) is 4.79 Å². The van der Waals surface area contributed by atoms with Crippen molar-refractivity contribution in [1.82, 2.24) is 0 Å². The Bertz CT molecular complexity index is 1030. The predicted molar refractivity (Wildman–Crippen MR) is 148 cm³/mol. The van der Waals surface area contributed by atoms with E-state index in [-0.39, 0.29) is 12.1 Å². The maximum Gasteiger partial charge on any atom is 0.306 e. The van der Waals surface area contributed by atoms with E-state index in [1.54, 1.807) is 12.2 Å². The highest BCUT2D eigenvalue weighted by Crippen LogP contribution is 2.34. The molecule has 0 bridgehead atoms. The molecule has 0 radical (unpaired) electrons. The first kappa shape index (κ1) is 26.5. The molecule has 0 aliphatic heterocycles. The summed E-state index contributed by atoms with van der Waals surface area (Å²) in [6.45, 7) is 7.99. The normalized spacial score (nSPS) is 10.8. The molecule has 0 N–H and O–H groups in total. The van der Waals surface area contributed by atoms with Crippen molar-refractivity contribution < 1.29 is 14.3 Å². The zero-order valence-electron chi connectivity index (χ0n) is 20.5. The number of ether oxygens (including phenoxy) is 2. The fourth-order valence-corrected chi connectivity index (χ4v) is 4.83. The second-order valence-corrected chi connectivity index (χ2v) is 9.64. The first-order chi connectivity index (χ1) is 17.2. The molecule has 0 atom stereocenters. The van der Waals surface area contributed by atoms with Gasteiger partial charge in [-0.2, -0.15) is 0 Å². The zero-order chi connectivity index (χ0) is 24.7. The Morgan fingerprint density at radius 2 is 1.31 bits per heavy atom. The predicted octanol–water partition coefficient (Wildman–Crippen LogP) is 8.87. The molecule has 0 saturated heterocycles. The van der Waals surface area contributed by atoms with Gasteiger partial charge in [0.1, 0.15) is 11.9 Å². The lowest BCUT2D eigenvalue weighted by Gasteiger charge is -2.09. The molecule has 0 unspecified atom stereocenters. The van der Waals surface area contributed by atoms with E-state index in [2.05, 4.69) is 73.8 Å². The smallest absolute Gasteiger partial charge is 0.306 e. The number of hydrogen-bond donors (Lipinski definition) is 0. The molecule has 35 heavy (non-hydrogen) atoms. The average Bonchev–Trinajstić information content (AvgIpc) is 3.39. The molecule has 3 nitrogen and oxygen atoms in total. The van der Waals surface area contributed by atoms with Crippen molar-refractivity contribution in [2.24, 2.45) is 0 Å². The molecule has 3 aromatic rings. The first-order valence-corrected chi connectivity index (χ1v) is 13.3. The summed E-state index contributed by atoms with van der Waals surface area (Å²) in [5.74, 6) is 0.753. The van der Waals surface area contributed by atoms with E-state index in [0.29, 0.717) is 6.42 Å². The molecule has 184 valence electrons. The molecule has 0 saturated carbocycles. The lowest BCUT2D eigenvalue weighted by Crippen LogP contribution is -2.12. The van der Waals surface area contributed by atoms with Crippen LogP contribution in [-0.2, 0) is 9.53 Å². The number of hydrogen-bond acceptors (Lipinski definition) is 4. The van der Waals surface area contributed by atoms with Gasteiger partial charge in [-0.15, -0.1) is 11.3 Å². The van der Waals surface area contributed by atoms with Crippen LogP contribution >= 0.6 is 11.3 Å². The second kappa shape index (κ2) is 15.0. The molecule has 0 aliphatic carbocycles. The second-order valence-electron chi connectivity index (χ2n) is 8.55. The molecule has 4 heteroatoms. The van der Waals surface area contributed by atoms with Crippen molar-refractivity contribution >= 4 is 17.3 Å². The van der Waals surface area contributed by atoms with E-state index in [4.69, 9.17) is 9.47 Å². The van der Waals surface area contributed by atoms with Gasteiger partial charge in [-0.25, -0.2) is 0 Å². The van der Waals surface area contributed by atoms with Crippen LogP contribution in [0.25, 0.3) is 20.9 Å². The summed E-state index contributed by atoms with van der Waals surface area (Å²) in [7, 11) is 0. The third-order valence-electron chi connectivity index (χ3n) is 5.83. The Hall–Kier alpha value is -3.11. The summed E-state index contributed by atoms with van der Waals surface area (Å²) in [6.07, 6.45) is 10.9. The van der Waals surface area contributed by atoms with Crippen molar-refractivity contribution in [1.29, 1.82) is 0 Å². The molecule has 1 aromatic heterocycles. The third-order valence-corrected chi connectivity index (χ3v) is 7.01. The van der Waals surface area contributed by atoms with E-state index in [1.165, 1.54) is 33.7 Å². The van der Waals surface area contributed by atoms with Gasteiger partial charge in [0.05, 0.1) is 6.61 Å². The summed E-state index contributed by atoms with van der Waals surface area (Å²) in [6, 6.07) is 23.3. The van der Waals surface area contributed by atoms with Crippen LogP contribution < -0.4 is 4.74 Å². The van der Waals surface area contributed by atoms with Crippen molar-refractivity contribution in [3.8, 4) is 26.6 Å². The average molecular weight is 489 g/mol. The molecular formula is C31H36O3S. The van der Waals surface area contributed by atoms with Crippen LogP contribution in [-0.4, -0.2) is 18.7 Å². The van der Waals surface area contributed by atoms with Crippen molar-refractivity contribution in [2.45, 2.75) is 57.5 Å². The van der Waals surface area contributed by atoms with Gasteiger partial charge < -0.3 is 9.47 Å². The minimum atomic E-state index is -0.378. The van der Waals surface area contributed by atoms with Crippen LogP contribution in [0.1, 0.15) is 51.4 Å². The van der Waals surface area contributed by atoms with Crippen molar-refractivity contribution in [3.05, 3.63) is 92.0 Å². The Labute approximate surface area is 214 Å². The number of carbonyl (C=O) groups is 1. The maximum atomic E-state index is 11.7. The van der Waals surface area contributed by atoms with E-state index in [9.17, 15) is 4.79 Å². The van der Waals surface area contributed by atoms with Gasteiger partial charge >= 0.3 is 5.97 Å². The highest BCUT2D eigenvalue weighted by molar-refractivity contribution is 7.18. The van der Waals surface area contributed by atoms with Gasteiger partial charge in [0.25, 0.3) is 0 Å². The van der Waals surface area contributed by atoms with Gasteiger partial charge in [-0.05, 0) is 72.5 Å². The highest BCUT2D eigenvalue weighted by atomic mass is 32.1. The molecule has 3 rings (SSSR count). The SMILES string of the molecule is C=CC(C=C)OC(=O)CCCCCCCCCOc1ccc(-c2ccc(-c3ccccc3)s2)cc1. The summed E-state index contributed by atoms with van der Waals surface area (Å²) in [5.41, 5.74) is 2.48. The lowest BCUT2D eigenvalue weighted by atomic mass is 10.1. The molecule has 1 heterocycles. The number of esters is 1. The van der Waals surface area contributed by atoms with Gasteiger partial charge in [0, 0.05) is 16.2 Å². The number of rotatable bonds is 16. The van der Waals surface area contributed by atoms with Crippen molar-refractivity contribution in [2.75, 3.05) is 6.61 Å². The van der Waals surface area contributed by atoms with Crippen LogP contribution in [0, 0.1) is 0 Å². The zero-order valence-corrected chi connectivity index (χ0v) is 21.3. The summed E-state index contributed by atoms with van der Waals surface area (Å²) in [4.78, 5) is 14.3. The number of carbonyl (C=O) groups excluding carboxylic acids is 1. The largest absolute Gasteiger partial charge is 0.494 e. The minimum Gasteiger partial charge on any atom is -0.494 e. The molecule has 0 fully saturated rings. The molecule has 0 aliphatic rings. The lowest BCUT2D eigenvalue weighted by molar-refractivity contribution is -0.145. The van der Waals surface area contributed by atoms with Crippen molar-refractivity contribution in [3.63, 3.8) is 0 Å². The highest BCUT2D eigenvalue weighted by Gasteiger charge is 2.07. The Morgan fingerprint density at radius 1 is 0.743 bits per heavy atom. The molecular weight excluding hydrogens is 452 g/mol. The molecule has 2 aromatic carbocycles. The fraction of sp³-hybridized carbons (Fsp3) is 0.323. The monoisotopic (exact) mass is 488 g/mol. The molecule has 0 spiro atoms. The van der Waals surface area contributed by atoms with Gasteiger partial charge in [0.2, 0.25) is 0 Å². The van der Waals surface area contributed by atoms with E-state index in [1.807, 2.05) is 17.4 Å². The number of unbranched alkanes of at least 4 members (excludes halogenated alkanes) is 6. The van der Waals surface area contributed by atoms with E-state index >= 15 is 0 Å². The van der Waals surface area contributed by atoms with E-state index in [0.717, 1.165) is 44.5 Å². The summed E-state index contributed by atoms with van der Waals surface area (Å²) < 4.78 is 11.1. The van der Waals surface area contributed by atoms with E-state index < -0.39 is 0 Å². The summed E-state index contributed by atoms with van der Waals surface area (Å²) in [5, 5.41) is 0. The third kappa shape index (κ3) is 9.22. The number of thiophene rings is 1. The Kier molecular flexibility index (Phi) is 11.4. The Morgan fingerprint density at radius 3 is 1.94 bits per heavy atom. The minimum absolute atomic E-state index is 0.174. The van der Waals surface area contributed by atoms with Gasteiger partial charge in [-0.1, -0.05) is 75.6 Å². The van der Waals surface area contributed by atoms with Crippen LogP contribution in [0.3, 0.4) is 0 Å². The molecule has 0 amide bonds. The maximum absolute atomic E-state index is 11.7. The number of benzene rings is 2. The topological polar surface area (TPSA) is 35.5 Å². The van der Waals surface area contributed by atoms with Crippen LogP contribution in [0.4, 0.5) is 0 Å². The van der Waals surface area contributed by atoms with Crippen LogP contribution in [0.15, 0.2) is 92.0 Å². The van der Waals surface area contributed by atoms with Crippen LogP contribution in [0.2, 0.25) is 0 Å². The first-order valence-electron chi connectivity index (χ1n) is 12.5. The Balaban J connectivity index is 1.24. The standard InChI is InChI=1S/C31H36O3S/c1-3-27(4-2)34-31(32)17-13-8-6-5-7-9-14-24-33-28-20-18-26(19-21-28)30-23-22-29(35-30)25-15-11-10-12-16-25/h3-4,10-12,15-16,18-23,27H,1-2,5-9,13-14,17,24H2. The quantitative estimate of drug-likeness (QED) is 0.115.